The highest BCUT2D eigenvalue weighted by Gasteiger charge is 2.31. The van der Waals surface area contributed by atoms with Crippen molar-refractivity contribution < 1.29 is 9.47 Å². The second-order valence-electron chi connectivity index (χ2n) is 4.66. The minimum absolute atomic E-state index is 0.0356. The van der Waals surface area contributed by atoms with Gasteiger partial charge >= 0.3 is 0 Å². The van der Waals surface area contributed by atoms with Gasteiger partial charge in [-0.25, -0.2) is 10.4 Å². The second kappa shape index (κ2) is 5.93. The van der Waals surface area contributed by atoms with E-state index in [1.165, 1.54) is 0 Å². The van der Waals surface area contributed by atoms with Crippen molar-refractivity contribution in [1.82, 2.24) is 10.4 Å². The van der Waals surface area contributed by atoms with Crippen molar-refractivity contribution in [2.24, 2.45) is 5.73 Å². The number of ether oxygens (including phenoxy) is 2. The van der Waals surface area contributed by atoms with Gasteiger partial charge in [-0.05, 0) is 19.3 Å². The van der Waals surface area contributed by atoms with Crippen LogP contribution < -0.4 is 11.2 Å². The molecule has 0 aromatic rings. The Morgan fingerprint density at radius 2 is 1.81 bits per heavy atom. The summed E-state index contributed by atoms with van der Waals surface area (Å²) in [5.74, 6) is 0. The molecule has 2 heterocycles. The Balaban J connectivity index is 1.90. The van der Waals surface area contributed by atoms with E-state index in [4.69, 9.17) is 15.2 Å². The molecule has 1 unspecified atom stereocenters. The van der Waals surface area contributed by atoms with Gasteiger partial charge in [0.15, 0.2) is 0 Å². The summed E-state index contributed by atoms with van der Waals surface area (Å²) in [7, 11) is 0. The highest BCUT2D eigenvalue weighted by atomic mass is 16.5. The fourth-order valence-corrected chi connectivity index (χ4v) is 2.38. The van der Waals surface area contributed by atoms with Gasteiger partial charge in [-0.3, -0.25) is 0 Å². The van der Waals surface area contributed by atoms with Gasteiger partial charge in [-0.15, -0.1) is 0 Å². The van der Waals surface area contributed by atoms with Crippen LogP contribution in [0, 0.1) is 0 Å². The lowest BCUT2D eigenvalue weighted by Crippen LogP contribution is -2.60. The minimum atomic E-state index is 0.0356. The number of morpholine rings is 1. The van der Waals surface area contributed by atoms with Gasteiger partial charge < -0.3 is 15.2 Å². The molecule has 2 saturated heterocycles. The number of nitrogens with zero attached hydrogens (tertiary/aromatic N) is 1. The maximum absolute atomic E-state index is 5.95. The fraction of sp³-hybridized carbons (Fsp3) is 1.00. The first kappa shape index (κ1) is 12.3. The third-order valence-corrected chi connectivity index (χ3v) is 3.47. The maximum atomic E-state index is 5.95. The van der Waals surface area contributed by atoms with E-state index in [2.05, 4.69) is 10.4 Å². The summed E-state index contributed by atoms with van der Waals surface area (Å²) >= 11 is 0. The van der Waals surface area contributed by atoms with E-state index < -0.39 is 0 Å². The van der Waals surface area contributed by atoms with Crippen LogP contribution >= 0.6 is 0 Å². The summed E-state index contributed by atoms with van der Waals surface area (Å²) < 4.78 is 10.8. The van der Waals surface area contributed by atoms with Gasteiger partial charge in [0.05, 0.1) is 13.2 Å². The van der Waals surface area contributed by atoms with Crippen LogP contribution in [0.1, 0.15) is 19.3 Å². The average molecular weight is 229 g/mol. The molecular weight excluding hydrogens is 206 g/mol. The quantitative estimate of drug-likeness (QED) is 0.697. The molecule has 2 rings (SSSR count). The Labute approximate surface area is 97.2 Å². The lowest BCUT2D eigenvalue weighted by molar-refractivity contribution is -0.0153. The van der Waals surface area contributed by atoms with E-state index in [0.29, 0.717) is 6.54 Å². The molecule has 16 heavy (non-hydrogen) atoms. The van der Waals surface area contributed by atoms with E-state index in [0.717, 1.165) is 58.8 Å². The topological polar surface area (TPSA) is 59.8 Å². The summed E-state index contributed by atoms with van der Waals surface area (Å²) in [6.45, 7) is 5.87. The zero-order valence-electron chi connectivity index (χ0n) is 9.91. The number of nitrogens with two attached hydrogens (primary N) is 1. The van der Waals surface area contributed by atoms with Gasteiger partial charge in [0, 0.05) is 38.4 Å². The fourth-order valence-electron chi connectivity index (χ4n) is 2.38. The molecule has 2 aliphatic rings. The van der Waals surface area contributed by atoms with Gasteiger partial charge in [0.25, 0.3) is 0 Å². The molecule has 0 amide bonds. The molecule has 0 aromatic carbocycles. The Kier molecular flexibility index (Phi) is 4.55. The third kappa shape index (κ3) is 3.15. The van der Waals surface area contributed by atoms with Crippen molar-refractivity contribution in [3.8, 4) is 0 Å². The Morgan fingerprint density at radius 3 is 2.56 bits per heavy atom. The molecule has 0 aliphatic carbocycles. The lowest BCUT2D eigenvalue weighted by Gasteiger charge is -2.39. The molecule has 3 N–H and O–H groups in total. The largest absolute Gasteiger partial charge is 0.381 e. The van der Waals surface area contributed by atoms with Crippen molar-refractivity contribution >= 4 is 0 Å². The highest BCUT2D eigenvalue weighted by Crippen LogP contribution is 2.21. The Hall–Kier alpha value is -0.200. The zero-order valence-corrected chi connectivity index (χ0v) is 9.91. The van der Waals surface area contributed by atoms with Crippen molar-refractivity contribution in [2.75, 3.05) is 46.1 Å². The normalized spacial score (nSPS) is 33.6. The highest BCUT2D eigenvalue weighted by molar-refractivity contribution is 4.89. The van der Waals surface area contributed by atoms with E-state index in [1.54, 1.807) is 0 Å². The van der Waals surface area contributed by atoms with Crippen LogP contribution in [0.5, 0.6) is 0 Å². The Morgan fingerprint density at radius 1 is 1.06 bits per heavy atom. The summed E-state index contributed by atoms with van der Waals surface area (Å²) in [5, 5.41) is 2.25. The molecule has 94 valence electrons. The summed E-state index contributed by atoms with van der Waals surface area (Å²) in [6.07, 6.45) is 3.19. The van der Waals surface area contributed by atoms with Crippen LogP contribution in [-0.4, -0.2) is 56.6 Å². The van der Waals surface area contributed by atoms with Gasteiger partial charge in [0.1, 0.15) is 0 Å². The number of hydrogen-bond donors (Lipinski definition) is 2. The SMILES string of the molecule is NCC1(NN2CCOCC2)CCCOCC1. The lowest BCUT2D eigenvalue weighted by atomic mass is 9.91. The van der Waals surface area contributed by atoms with E-state index in [-0.39, 0.29) is 5.54 Å². The number of hydrazine groups is 1. The molecule has 2 fully saturated rings. The van der Waals surface area contributed by atoms with Crippen LogP contribution in [0.4, 0.5) is 0 Å². The van der Waals surface area contributed by atoms with Crippen molar-refractivity contribution in [3.63, 3.8) is 0 Å². The van der Waals surface area contributed by atoms with Gasteiger partial charge in [-0.1, -0.05) is 0 Å². The molecular formula is C11H23N3O2. The second-order valence-corrected chi connectivity index (χ2v) is 4.66. The van der Waals surface area contributed by atoms with Gasteiger partial charge in [-0.2, -0.15) is 0 Å². The number of nitrogens with one attached hydrogen (secondary N) is 1. The summed E-state index contributed by atoms with van der Waals surface area (Å²) in [5.41, 5.74) is 9.59. The molecule has 0 spiro atoms. The van der Waals surface area contributed by atoms with Crippen molar-refractivity contribution in [1.29, 1.82) is 0 Å². The molecule has 0 saturated carbocycles. The first-order valence-corrected chi connectivity index (χ1v) is 6.23. The summed E-state index contributed by atoms with van der Waals surface area (Å²) in [4.78, 5) is 0. The van der Waals surface area contributed by atoms with E-state index >= 15 is 0 Å². The molecule has 5 heteroatoms. The molecule has 5 nitrogen and oxygen atoms in total. The zero-order chi connectivity index (χ0) is 11.3. The maximum Gasteiger partial charge on any atom is 0.0608 e. The number of hydrogen-bond acceptors (Lipinski definition) is 5. The predicted molar refractivity (Wildman–Crippen MR) is 62.0 cm³/mol. The monoisotopic (exact) mass is 229 g/mol. The molecule has 0 aromatic heterocycles. The van der Waals surface area contributed by atoms with Crippen LogP contribution in [0.2, 0.25) is 0 Å². The molecule has 2 aliphatic heterocycles. The predicted octanol–water partition coefficient (Wildman–Crippen LogP) is -0.279. The first-order valence-electron chi connectivity index (χ1n) is 6.23. The van der Waals surface area contributed by atoms with Gasteiger partial charge in [0.2, 0.25) is 0 Å². The van der Waals surface area contributed by atoms with E-state index in [9.17, 15) is 0 Å². The smallest absolute Gasteiger partial charge is 0.0608 e. The molecule has 0 radical (unpaired) electrons. The van der Waals surface area contributed by atoms with Crippen molar-refractivity contribution in [2.45, 2.75) is 24.8 Å². The first-order chi connectivity index (χ1) is 7.85. The van der Waals surface area contributed by atoms with Crippen LogP contribution in [0.15, 0.2) is 0 Å². The van der Waals surface area contributed by atoms with Crippen LogP contribution in [-0.2, 0) is 9.47 Å². The standard InChI is InChI=1S/C11H23N3O2/c12-10-11(2-1-6-15-7-3-11)13-14-4-8-16-9-5-14/h13H,1-10,12H2. The molecule has 1 atom stereocenters. The van der Waals surface area contributed by atoms with Crippen molar-refractivity contribution in [3.05, 3.63) is 0 Å². The van der Waals surface area contributed by atoms with Crippen LogP contribution in [0.25, 0.3) is 0 Å². The average Bonchev–Trinajstić information content (AvgIpc) is 2.57. The molecule has 0 bridgehead atoms. The third-order valence-electron chi connectivity index (χ3n) is 3.47. The summed E-state index contributed by atoms with van der Waals surface area (Å²) in [6, 6.07) is 0. The Bertz CT molecular complexity index is 199. The van der Waals surface area contributed by atoms with Crippen LogP contribution in [0.3, 0.4) is 0 Å². The number of rotatable bonds is 3. The minimum Gasteiger partial charge on any atom is -0.381 e. The van der Waals surface area contributed by atoms with E-state index in [1.807, 2.05) is 0 Å².